The average Bonchev–Trinajstić information content (AvgIpc) is 2.65. The Kier molecular flexibility index (Phi) is 4.89. The molecule has 0 aromatic carbocycles. The van der Waals surface area contributed by atoms with Crippen molar-refractivity contribution in [3.63, 3.8) is 0 Å². The molecule has 1 atom stereocenters. The van der Waals surface area contributed by atoms with Gasteiger partial charge in [-0.25, -0.2) is 4.68 Å². The Bertz CT molecular complexity index is 309. The van der Waals surface area contributed by atoms with Crippen LogP contribution in [0.4, 0.5) is 0 Å². The summed E-state index contributed by atoms with van der Waals surface area (Å²) in [4.78, 5) is 0. The van der Waals surface area contributed by atoms with Crippen LogP contribution < -0.4 is 5.73 Å². The lowest BCUT2D eigenvalue weighted by Gasteiger charge is -2.20. The van der Waals surface area contributed by atoms with Crippen LogP contribution in [0.1, 0.15) is 38.8 Å². The first kappa shape index (κ1) is 13.1. The Morgan fingerprint density at radius 2 is 2.25 bits per heavy atom. The van der Waals surface area contributed by atoms with Gasteiger partial charge in [0.15, 0.2) is 0 Å². The van der Waals surface area contributed by atoms with E-state index in [4.69, 9.17) is 5.73 Å². The molecular formula is C11H22N4O. The summed E-state index contributed by atoms with van der Waals surface area (Å²) in [7, 11) is 0. The largest absolute Gasteiger partial charge is 0.388 e. The van der Waals surface area contributed by atoms with Gasteiger partial charge in [-0.1, -0.05) is 12.1 Å². The van der Waals surface area contributed by atoms with Crippen molar-refractivity contribution in [2.24, 2.45) is 5.73 Å². The van der Waals surface area contributed by atoms with Crippen molar-refractivity contribution in [2.45, 2.75) is 51.7 Å². The summed E-state index contributed by atoms with van der Waals surface area (Å²) in [6.07, 6.45) is 5.57. The summed E-state index contributed by atoms with van der Waals surface area (Å²) in [5.41, 5.74) is 5.69. The molecule has 0 amide bonds. The van der Waals surface area contributed by atoms with Crippen LogP contribution in [0.25, 0.3) is 0 Å². The molecule has 1 aromatic rings. The minimum atomic E-state index is -0.706. The zero-order chi connectivity index (χ0) is 12.0. The van der Waals surface area contributed by atoms with Crippen LogP contribution in [0.15, 0.2) is 6.20 Å². The van der Waals surface area contributed by atoms with E-state index in [1.165, 1.54) is 0 Å². The van der Waals surface area contributed by atoms with Crippen LogP contribution in [0.5, 0.6) is 0 Å². The second-order valence-electron chi connectivity index (χ2n) is 4.50. The van der Waals surface area contributed by atoms with E-state index in [-0.39, 0.29) is 0 Å². The number of nitrogens with two attached hydrogens (primary N) is 1. The van der Waals surface area contributed by atoms with E-state index in [0.29, 0.717) is 13.0 Å². The van der Waals surface area contributed by atoms with Crippen molar-refractivity contribution in [3.05, 3.63) is 11.9 Å². The molecule has 1 unspecified atom stereocenters. The molecule has 5 heteroatoms. The minimum absolute atomic E-state index is 0.493. The first-order valence-corrected chi connectivity index (χ1v) is 5.89. The molecule has 92 valence electrons. The van der Waals surface area contributed by atoms with Gasteiger partial charge < -0.3 is 10.8 Å². The maximum Gasteiger partial charge on any atom is 0.0827 e. The molecule has 0 aliphatic carbocycles. The van der Waals surface area contributed by atoms with Crippen molar-refractivity contribution in [1.29, 1.82) is 0 Å². The van der Waals surface area contributed by atoms with Gasteiger partial charge in [0.1, 0.15) is 0 Å². The lowest BCUT2D eigenvalue weighted by atomic mass is 10.0. The molecule has 3 N–H and O–H groups in total. The predicted molar refractivity (Wildman–Crippen MR) is 62.9 cm³/mol. The van der Waals surface area contributed by atoms with Crippen LogP contribution in [-0.4, -0.2) is 32.2 Å². The van der Waals surface area contributed by atoms with Crippen molar-refractivity contribution < 1.29 is 5.11 Å². The molecule has 0 radical (unpaired) electrons. The van der Waals surface area contributed by atoms with Gasteiger partial charge in [-0.3, -0.25) is 0 Å². The number of hydrogen-bond acceptors (Lipinski definition) is 4. The summed E-state index contributed by atoms with van der Waals surface area (Å²) in [5, 5.41) is 18.0. The molecule has 1 aromatic heterocycles. The molecule has 0 bridgehead atoms. The fourth-order valence-electron chi connectivity index (χ4n) is 1.44. The minimum Gasteiger partial charge on any atom is -0.388 e. The standard InChI is InChI=1S/C11H22N4O/c1-3-11(2,16)9-15-8-10(13-14-15)6-4-5-7-12/h8,16H,3-7,9,12H2,1-2H3. The highest BCUT2D eigenvalue weighted by Gasteiger charge is 2.18. The van der Waals surface area contributed by atoms with Gasteiger partial charge >= 0.3 is 0 Å². The second kappa shape index (κ2) is 5.96. The van der Waals surface area contributed by atoms with E-state index in [1.807, 2.05) is 20.0 Å². The summed E-state index contributed by atoms with van der Waals surface area (Å²) < 4.78 is 1.71. The van der Waals surface area contributed by atoms with Crippen LogP contribution in [0, 0.1) is 0 Å². The Morgan fingerprint density at radius 1 is 1.50 bits per heavy atom. The SMILES string of the molecule is CCC(C)(O)Cn1cc(CCCCN)nn1. The van der Waals surface area contributed by atoms with Gasteiger partial charge in [-0.15, -0.1) is 5.10 Å². The molecule has 0 saturated heterocycles. The first-order chi connectivity index (χ1) is 7.57. The Hall–Kier alpha value is -0.940. The van der Waals surface area contributed by atoms with Crippen molar-refractivity contribution in [3.8, 4) is 0 Å². The van der Waals surface area contributed by atoms with Gasteiger partial charge in [0.25, 0.3) is 0 Å². The van der Waals surface area contributed by atoms with Gasteiger partial charge in [-0.2, -0.15) is 0 Å². The van der Waals surface area contributed by atoms with Crippen LogP contribution >= 0.6 is 0 Å². The van der Waals surface area contributed by atoms with Crippen molar-refractivity contribution >= 4 is 0 Å². The molecule has 0 spiro atoms. The third-order valence-electron chi connectivity index (χ3n) is 2.74. The fraction of sp³-hybridized carbons (Fsp3) is 0.818. The number of aryl methyl sites for hydroxylation is 1. The quantitative estimate of drug-likeness (QED) is 0.672. The predicted octanol–water partition coefficient (Wildman–Crippen LogP) is 0.720. The monoisotopic (exact) mass is 226 g/mol. The second-order valence-corrected chi connectivity index (χ2v) is 4.50. The zero-order valence-corrected chi connectivity index (χ0v) is 10.2. The normalized spacial score (nSPS) is 15.0. The first-order valence-electron chi connectivity index (χ1n) is 5.89. The average molecular weight is 226 g/mol. The van der Waals surface area contributed by atoms with Gasteiger partial charge in [0.05, 0.1) is 17.8 Å². The highest BCUT2D eigenvalue weighted by Crippen LogP contribution is 2.11. The molecule has 1 heterocycles. The smallest absolute Gasteiger partial charge is 0.0827 e. The Balaban J connectivity index is 2.45. The number of aromatic nitrogens is 3. The fourth-order valence-corrected chi connectivity index (χ4v) is 1.44. The maximum absolute atomic E-state index is 9.89. The van der Waals surface area contributed by atoms with Gasteiger partial charge in [0.2, 0.25) is 0 Å². The van der Waals surface area contributed by atoms with E-state index in [1.54, 1.807) is 4.68 Å². The highest BCUT2D eigenvalue weighted by molar-refractivity contribution is 4.93. The summed E-state index contributed by atoms with van der Waals surface area (Å²) >= 11 is 0. The third-order valence-corrected chi connectivity index (χ3v) is 2.74. The van der Waals surface area contributed by atoms with Gasteiger partial charge in [-0.05, 0) is 39.2 Å². The van der Waals surface area contributed by atoms with E-state index < -0.39 is 5.60 Å². The van der Waals surface area contributed by atoms with Crippen LogP contribution in [-0.2, 0) is 13.0 Å². The number of nitrogens with zero attached hydrogens (tertiary/aromatic N) is 3. The number of unbranched alkanes of at least 4 members (excludes halogenated alkanes) is 1. The molecule has 5 nitrogen and oxygen atoms in total. The molecule has 0 aliphatic rings. The maximum atomic E-state index is 9.89. The highest BCUT2D eigenvalue weighted by atomic mass is 16.3. The van der Waals surface area contributed by atoms with E-state index in [0.717, 1.165) is 31.5 Å². The van der Waals surface area contributed by atoms with E-state index in [2.05, 4.69) is 10.3 Å². The number of aliphatic hydroxyl groups is 1. The molecule has 0 aliphatic heterocycles. The molecular weight excluding hydrogens is 204 g/mol. The van der Waals surface area contributed by atoms with E-state index in [9.17, 15) is 5.11 Å². The van der Waals surface area contributed by atoms with Crippen LogP contribution in [0.3, 0.4) is 0 Å². The zero-order valence-electron chi connectivity index (χ0n) is 10.2. The van der Waals surface area contributed by atoms with E-state index >= 15 is 0 Å². The van der Waals surface area contributed by atoms with Crippen molar-refractivity contribution in [2.75, 3.05) is 6.54 Å². The Morgan fingerprint density at radius 3 is 2.88 bits per heavy atom. The lowest BCUT2D eigenvalue weighted by Crippen LogP contribution is -2.29. The van der Waals surface area contributed by atoms with Crippen molar-refractivity contribution in [1.82, 2.24) is 15.0 Å². The van der Waals surface area contributed by atoms with Gasteiger partial charge in [0, 0.05) is 6.20 Å². The van der Waals surface area contributed by atoms with Crippen LogP contribution in [0.2, 0.25) is 0 Å². The molecule has 0 fully saturated rings. The lowest BCUT2D eigenvalue weighted by molar-refractivity contribution is 0.0339. The topological polar surface area (TPSA) is 77.0 Å². The number of rotatable bonds is 7. The molecule has 0 saturated carbocycles. The summed E-state index contributed by atoms with van der Waals surface area (Å²) in [5.74, 6) is 0. The molecule has 1 rings (SSSR count). The molecule has 16 heavy (non-hydrogen) atoms. The Labute approximate surface area is 96.6 Å². The summed E-state index contributed by atoms with van der Waals surface area (Å²) in [6.45, 7) is 4.98. The number of hydrogen-bond donors (Lipinski definition) is 2. The summed E-state index contributed by atoms with van der Waals surface area (Å²) in [6, 6.07) is 0. The third kappa shape index (κ3) is 4.28.